The lowest BCUT2D eigenvalue weighted by atomic mass is 10.2. The smallest absolute Gasteiger partial charge is 0.406 e. The van der Waals surface area contributed by atoms with Gasteiger partial charge >= 0.3 is 6.18 Å². The summed E-state index contributed by atoms with van der Waals surface area (Å²) in [6, 6.07) is 3.09. The highest BCUT2D eigenvalue weighted by atomic mass is 32.2. The number of aromatic nitrogens is 2. The largest absolute Gasteiger partial charge is 0.467 e. The normalized spacial score (nSPS) is 11.8. The molecule has 0 bridgehead atoms. The minimum atomic E-state index is -4.48. The van der Waals surface area contributed by atoms with Gasteiger partial charge in [0.1, 0.15) is 12.3 Å². The summed E-state index contributed by atoms with van der Waals surface area (Å²) in [6.07, 6.45) is -3.13. The minimum Gasteiger partial charge on any atom is -0.467 e. The lowest BCUT2D eigenvalue weighted by molar-refractivity contribution is -0.161. The van der Waals surface area contributed by atoms with Gasteiger partial charge in [-0.2, -0.15) is 13.2 Å². The van der Waals surface area contributed by atoms with Crippen molar-refractivity contribution in [2.24, 2.45) is 5.92 Å². The molecular formula is C15H19F3N4O2S2. The first-order chi connectivity index (χ1) is 12.2. The van der Waals surface area contributed by atoms with E-state index in [1.165, 1.54) is 23.7 Å². The van der Waals surface area contributed by atoms with E-state index < -0.39 is 18.6 Å². The molecule has 0 radical (unpaired) electrons. The molecule has 0 saturated heterocycles. The summed E-state index contributed by atoms with van der Waals surface area (Å²) >= 11 is 2.33. The molecule has 2 aromatic rings. The van der Waals surface area contributed by atoms with Crippen molar-refractivity contribution in [3.05, 3.63) is 24.2 Å². The van der Waals surface area contributed by atoms with Gasteiger partial charge in [-0.3, -0.25) is 4.79 Å². The number of furan rings is 1. The van der Waals surface area contributed by atoms with Crippen molar-refractivity contribution in [2.75, 3.05) is 24.2 Å². The van der Waals surface area contributed by atoms with E-state index >= 15 is 0 Å². The van der Waals surface area contributed by atoms with Crippen molar-refractivity contribution >= 4 is 34.1 Å². The molecule has 1 N–H and O–H groups in total. The fraction of sp³-hybridized carbons (Fsp3) is 0.533. The number of amides is 1. The van der Waals surface area contributed by atoms with Crippen LogP contribution in [0.25, 0.3) is 0 Å². The third-order valence-corrected chi connectivity index (χ3v) is 5.04. The van der Waals surface area contributed by atoms with E-state index in [0.717, 1.165) is 23.2 Å². The Morgan fingerprint density at radius 3 is 2.81 bits per heavy atom. The zero-order valence-corrected chi connectivity index (χ0v) is 15.9. The summed E-state index contributed by atoms with van der Waals surface area (Å²) in [6.45, 7) is 3.28. The number of hydrogen-bond acceptors (Lipinski definition) is 7. The van der Waals surface area contributed by atoms with E-state index in [0.29, 0.717) is 21.1 Å². The van der Waals surface area contributed by atoms with Crippen LogP contribution in [0.4, 0.5) is 18.3 Å². The first kappa shape index (κ1) is 20.6. The third-order valence-electron chi connectivity index (χ3n) is 3.04. The van der Waals surface area contributed by atoms with Crippen LogP contribution >= 0.6 is 23.1 Å². The Hall–Kier alpha value is -1.75. The Bertz CT molecular complexity index is 689. The molecule has 0 fully saturated rings. The van der Waals surface area contributed by atoms with Crippen molar-refractivity contribution in [3.8, 4) is 0 Å². The highest BCUT2D eigenvalue weighted by molar-refractivity contribution is 8.01. The standard InChI is InChI=1S/C15H19F3N4O2S2/c1-10(2)6-19-13-20-21-14(26-13)25-8-12(23)22(9-15(16,17)18)7-11-4-3-5-24-11/h3-5,10H,6-9H2,1-2H3,(H,19,20). The van der Waals surface area contributed by atoms with Crippen LogP contribution in [0.1, 0.15) is 19.6 Å². The van der Waals surface area contributed by atoms with Gasteiger partial charge in [-0.25, -0.2) is 0 Å². The van der Waals surface area contributed by atoms with Crippen LogP contribution in [0.3, 0.4) is 0 Å². The number of nitrogens with one attached hydrogen (secondary N) is 1. The van der Waals surface area contributed by atoms with Crippen molar-refractivity contribution < 1.29 is 22.4 Å². The molecule has 2 rings (SSSR count). The van der Waals surface area contributed by atoms with E-state index in [9.17, 15) is 18.0 Å². The van der Waals surface area contributed by atoms with E-state index in [2.05, 4.69) is 29.4 Å². The molecular weight excluding hydrogens is 389 g/mol. The Morgan fingerprint density at radius 1 is 1.42 bits per heavy atom. The van der Waals surface area contributed by atoms with Gasteiger partial charge in [0.2, 0.25) is 11.0 Å². The minimum absolute atomic E-state index is 0.157. The monoisotopic (exact) mass is 408 g/mol. The van der Waals surface area contributed by atoms with Crippen LogP contribution < -0.4 is 5.32 Å². The number of halogens is 3. The van der Waals surface area contributed by atoms with E-state index in [4.69, 9.17) is 4.42 Å². The van der Waals surface area contributed by atoms with Crippen molar-refractivity contribution in [2.45, 2.75) is 30.9 Å². The Labute approximate surface area is 157 Å². The SMILES string of the molecule is CC(C)CNc1nnc(SCC(=O)N(Cc2ccco2)CC(F)(F)F)s1. The molecule has 0 unspecified atom stereocenters. The molecule has 26 heavy (non-hydrogen) atoms. The average molecular weight is 408 g/mol. The highest BCUT2D eigenvalue weighted by Gasteiger charge is 2.33. The summed E-state index contributed by atoms with van der Waals surface area (Å²) in [5, 5.41) is 11.6. The van der Waals surface area contributed by atoms with Gasteiger partial charge < -0.3 is 14.6 Å². The van der Waals surface area contributed by atoms with E-state index in [-0.39, 0.29) is 12.3 Å². The maximum atomic E-state index is 12.8. The van der Waals surface area contributed by atoms with Crippen LogP contribution in [0.2, 0.25) is 0 Å². The van der Waals surface area contributed by atoms with Crippen LogP contribution in [0.15, 0.2) is 27.2 Å². The predicted octanol–water partition coefficient (Wildman–Crippen LogP) is 3.88. The molecule has 1 amide bonds. The average Bonchev–Trinajstić information content (AvgIpc) is 3.20. The number of anilines is 1. The maximum Gasteiger partial charge on any atom is 0.406 e. The quantitative estimate of drug-likeness (QED) is 0.635. The lowest BCUT2D eigenvalue weighted by Gasteiger charge is -2.22. The molecule has 144 valence electrons. The molecule has 6 nitrogen and oxygen atoms in total. The molecule has 0 spiro atoms. The van der Waals surface area contributed by atoms with E-state index in [1.807, 2.05) is 0 Å². The maximum absolute atomic E-state index is 12.8. The summed E-state index contributed by atoms with van der Waals surface area (Å²) in [5.74, 6) is -0.0660. The molecule has 0 aliphatic heterocycles. The topological polar surface area (TPSA) is 71.3 Å². The first-order valence-electron chi connectivity index (χ1n) is 7.80. The Morgan fingerprint density at radius 2 is 2.19 bits per heavy atom. The van der Waals surface area contributed by atoms with Gasteiger partial charge in [0.25, 0.3) is 0 Å². The zero-order valence-electron chi connectivity index (χ0n) is 14.2. The molecule has 11 heteroatoms. The predicted molar refractivity (Wildman–Crippen MR) is 94.1 cm³/mol. The molecule has 0 aliphatic rings. The van der Waals surface area contributed by atoms with Crippen molar-refractivity contribution in [1.82, 2.24) is 15.1 Å². The van der Waals surface area contributed by atoms with Crippen LogP contribution in [0, 0.1) is 5.92 Å². The zero-order chi connectivity index (χ0) is 19.2. The third kappa shape index (κ3) is 7.24. The van der Waals surface area contributed by atoms with Gasteiger partial charge in [-0.15, -0.1) is 10.2 Å². The summed E-state index contributed by atoms with van der Waals surface area (Å²) in [4.78, 5) is 13.0. The van der Waals surface area contributed by atoms with Gasteiger partial charge in [0.05, 0.1) is 18.6 Å². The number of carbonyl (C=O) groups excluding carboxylic acids is 1. The van der Waals surface area contributed by atoms with Crippen LogP contribution in [-0.4, -0.2) is 46.0 Å². The molecule has 2 heterocycles. The number of nitrogens with zero attached hydrogens (tertiary/aromatic N) is 3. The summed E-state index contributed by atoms with van der Waals surface area (Å²) < 4.78 is 43.8. The molecule has 0 aromatic carbocycles. The number of alkyl halides is 3. The summed E-state index contributed by atoms with van der Waals surface area (Å²) in [5.41, 5.74) is 0. The van der Waals surface area contributed by atoms with Gasteiger partial charge in [-0.1, -0.05) is 36.9 Å². The highest BCUT2D eigenvalue weighted by Crippen LogP contribution is 2.26. The van der Waals surface area contributed by atoms with Gasteiger partial charge in [0, 0.05) is 6.54 Å². The van der Waals surface area contributed by atoms with Crippen LogP contribution in [-0.2, 0) is 11.3 Å². The number of carbonyl (C=O) groups is 1. The van der Waals surface area contributed by atoms with E-state index in [1.54, 1.807) is 6.07 Å². The number of thioether (sulfide) groups is 1. The Balaban J connectivity index is 1.91. The molecule has 0 saturated carbocycles. The van der Waals surface area contributed by atoms with Crippen molar-refractivity contribution in [3.63, 3.8) is 0 Å². The van der Waals surface area contributed by atoms with Crippen LogP contribution in [0.5, 0.6) is 0 Å². The second kappa shape index (κ2) is 9.26. The molecule has 0 atom stereocenters. The Kier molecular flexibility index (Phi) is 7.33. The number of rotatable bonds is 9. The lowest BCUT2D eigenvalue weighted by Crippen LogP contribution is -2.39. The van der Waals surface area contributed by atoms with Gasteiger partial charge in [0.15, 0.2) is 4.34 Å². The fourth-order valence-corrected chi connectivity index (χ4v) is 3.55. The second-order valence-corrected chi connectivity index (χ2v) is 8.08. The number of hydrogen-bond donors (Lipinski definition) is 1. The molecule has 0 aliphatic carbocycles. The summed E-state index contributed by atoms with van der Waals surface area (Å²) in [7, 11) is 0. The van der Waals surface area contributed by atoms with Gasteiger partial charge in [-0.05, 0) is 18.1 Å². The second-order valence-electron chi connectivity index (χ2n) is 5.88. The van der Waals surface area contributed by atoms with Crippen molar-refractivity contribution in [1.29, 1.82) is 0 Å². The fourth-order valence-electron chi connectivity index (χ4n) is 1.89. The first-order valence-corrected chi connectivity index (χ1v) is 9.60. The molecule has 2 aromatic heterocycles.